The number of benzene rings is 1. The minimum atomic E-state index is 0.162. The number of amides is 1. The fourth-order valence-electron chi connectivity index (χ4n) is 2.60. The number of hydrogen-bond donors (Lipinski definition) is 1. The summed E-state index contributed by atoms with van der Waals surface area (Å²) in [6.07, 6.45) is 3.52. The van der Waals surface area contributed by atoms with E-state index in [0.717, 1.165) is 43.1 Å². The highest BCUT2D eigenvalue weighted by Gasteiger charge is 2.23. The zero-order valence-corrected chi connectivity index (χ0v) is 11.3. The molecular weight excluding hydrogens is 224 g/mol. The van der Waals surface area contributed by atoms with Crippen molar-refractivity contribution >= 4 is 11.6 Å². The topological polar surface area (TPSA) is 32.3 Å². The summed E-state index contributed by atoms with van der Waals surface area (Å²) in [5.74, 6) is 0.961. The van der Waals surface area contributed by atoms with E-state index < -0.39 is 0 Å². The second-order valence-electron chi connectivity index (χ2n) is 4.94. The molecule has 1 saturated heterocycles. The van der Waals surface area contributed by atoms with Crippen LogP contribution in [0.5, 0.6) is 0 Å². The van der Waals surface area contributed by atoms with Crippen molar-refractivity contribution in [2.24, 2.45) is 5.92 Å². The van der Waals surface area contributed by atoms with Crippen molar-refractivity contribution in [2.75, 3.05) is 25.5 Å². The number of carbonyl (C=O) groups excluding carboxylic acids is 1. The molecule has 1 aromatic carbocycles. The first-order chi connectivity index (χ1) is 8.76. The molecule has 2 rings (SSSR count). The van der Waals surface area contributed by atoms with E-state index in [1.165, 1.54) is 6.42 Å². The van der Waals surface area contributed by atoms with E-state index >= 15 is 0 Å². The summed E-state index contributed by atoms with van der Waals surface area (Å²) in [6.45, 7) is 4.03. The van der Waals surface area contributed by atoms with Crippen molar-refractivity contribution in [1.82, 2.24) is 4.90 Å². The van der Waals surface area contributed by atoms with Gasteiger partial charge in [0.05, 0.1) is 5.56 Å². The molecule has 1 heterocycles. The molecule has 0 unspecified atom stereocenters. The van der Waals surface area contributed by atoms with Crippen molar-refractivity contribution in [3.63, 3.8) is 0 Å². The lowest BCUT2D eigenvalue weighted by Crippen LogP contribution is -2.38. The maximum atomic E-state index is 12.5. The molecule has 1 amide bonds. The summed E-state index contributed by atoms with van der Waals surface area (Å²) in [5.41, 5.74) is 1.70. The maximum Gasteiger partial charge on any atom is 0.255 e. The third-order valence-corrected chi connectivity index (χ3v) is 3.91. The molecule has 1 aliphatic heterocycles. The Labute approximate surface area is 109 Å². The average molecular weight is 246 g/mol. The fraction of sp³-hybridized carbons (Fsp3) is 0.533. The van der Waals surface area contributed by atoms with Gasteiger partial charge < -0.3 is 10.2 Å². The first-order valence-corrected chi connectivity index (χ1v) is 6.82. The van der Waals surface area contributed by atoms with Crippen LogP contribution < -0.4 is 5.32 Å². The number of nitrogens with zero attached hydrogens (tertiary/aromatic N) is 1. The van der Waals surface area contributed by atoms with Crippen LogP contribution in [0.2, 0.25) is 0 Å². The van der Waals surface area contributed by atoms with Gasteiger partial charge in [0.15, 0.2) is 0 Å². The summed E-state index contributed by atoms with van der Waals surface area (Å²) >= 11 is 0. The Balaban J connectivity index is 2.08. The highest BCUT2D eigenvalue weighted by atomic mass is 16.2. The van der Waals surface area contributed by atoms with Gasteiger partial charge in [-0.3, -0.25) is 4.79 Å². The molecule has 1 N–H and O–H groups in total. The summed E-state index contributed by atoms with van der Waals surface area (Å²) in [7, 11) is 1.86. The van der Waals surface area contributed by atoms with Gasteiger partial charge in [0.25, 0.3) is 5.91 Å². The highest BCUT2D eigenvalue weighted by Crippen LogP contribution is 2.23. The summed E-state index contributed by atoms with van der Waals surface area (Å²) in [4.78, 5) is 14.4. The quantitative estimate of drug-likeness (QED) is 0.889. The Kier molecular flexibility index (Phi) is 4.24. The highest BCUT2D eigenvalue weighted by molar-refractivity contribution is 5.99. The Morgan fingerprint density at radius 2 is 2.00 bits per heavy atom. The van der Waals surface area contributed by atoms with Crippen LogP contribution in [-0.4, -0.2) is 30.9 Å². The molecule has 1 aliphatic rings. The largest absolute Gasteiger partial charge is 0.387 e. The number of piperidine rings is 1. The number of likely N-dealkylation sites (tertiary alicyclic amines) is 1. The van der Waals surface area contributed by atoms with Crippen molar-refractivity contribution in [2.45, 2.75) is 26.2 Å². The summed E-state index contributed by atoms with van der Waals surface area (Å²) in [5, 5.41) is 3.09. The van der Waals surface area contributed by atoms with Gasteiger partial charge in [-0.15, -0.1) is 0 Å². The van der Waals surface area contributed by atoms with Crippen LogP contribution in [0.15, 0.2) is 24.3 Å². The normalized spacial score (nSPS) is 16.7. The van der Waals surface area contributed by atoms with Crippen LogP contribution in [0, 0.1) is 5.92 Å². The average Bonchev–Trinajstić information content (AvgIpc) is 2.46. The van der Waals surface area contributed by atoms with Crippen molar-refractivity contribution in [3.8, 4) is 0 Å². The van der Waals surface area contributed by atoms with E-state index in [2.05, 4.69) is 12.2 Å². The summed E-state index contributed by atoms with van der Waals surface area (Å²) < 4.78 is 0. The molecular formula is C15H22N2O. The number of para-hydroxylation sites is 1. The lowest BCUT2D eigenvalue weighted by molar-refractivity contribution is 0.0690. The second-order valence-corrected chi connectivity index (χ2v) is 4.94. The summed E-state index contributed by atoms with van der Waals surface area (Å²) in [6, 6.07) is 7.73. The predicted molar refractivity (Wildman–Crippen MR) is 74.9 cm³/mol. The predicted octanol–water partition coefficient (Wildman–Crippen LogP) is 2.99. The lowest BCUT2D eigenvalue weighted by Gasteiger charge is -2.32. The monoisotopic (exact) mass is 246 g/mol. The van der Waals surface area contributed by atoms with E-state index in [0.29, 0.717) is 0 Å². The molecule has 18 heavy (non-hydrogen) atoms. The first-order valence-electron chi connectivity index (χ1n) is 6.82. The van der Waals surface area contributed by atoms with E-state index in [4.69, 9.17) is 0 Å². The number of carbonyl (C=O) groups is 1. The Morgan fingerprint density at radius 1 is 1.33 bits per heavy atom. The zero-order chi connectivity index (χ0) is 13.0. The van der Waals surface area contributed by atoms with Crippen LogP contribution in [0.25, 0.3) is 0 Å². The molecule has 98 valence electrons. The van der Waals surface area contributed by atoms with Gasteiger partial charge in [-0.05, 0) is 30.9 Å². The van der Waals surface area contributed by atoms with Gasteiger partial charge in [0.1, 0.15) is 0 Å². The van der Waals surface area contributed by atoms with Crippen molar-refractivity contribution in [1.29, 1.82) is 0 Å². The van der Waals surface area contributed by atoms with Crippen LogP contribution in [0.4, 0.5) is 5.69 Å². The van der Waals surface area contributed by atoms with E-state index in [9.17, 15) is 4.79 Å². The lowest BCUT2D eigenvalue weighted by atomic mass is 9.94. The van der Waals surface area contributed by atoms with Crippen LogP contribution in [0.1, 0.15) is 36.5 Å². The standard InChI is InChI=1S/C15H22N2O/c1-3-12-8-10-17(11-9-12)15(18)13-6-4-5-7-14(13)16-2/h4-7,12,16H,3,8-11H2,1-2H3. The first kappa shape index (κ1) is 12.9. The molecule has 0 aliphatic carbocycles. The van der Waals surface area contributed by atoms with Gasteiger partial charge in [-0.2, -0.15) is 0 Å². The van der Waals surface area contributed by atoms with Crippen LogP contribution in [0.3, 0.4) is 0 Å². The van der Waals surface area contributed by atoms with Gasteiger partial charge in [-0.1, -0.05) is 25.5 Å². The molecule has 0 saturated carbocycles. The smallest absolute Gasteiger partial charge is 0.255 e. The molecule has 1 fully saturated rings. The molecule has 0 bridgehead atoms. The molecule has 0 aromatic heterocycles. The second kappa shape index (κ2) is 5.89. The maximum absolute atomic E-state index is 12.5. The van der Waals surface area contributed by atoms with Gasteiger partial charge in [0.2, 0.25) is 0 Å². The van der Waals surface area contributed by atoms with Crippen molar-refractivity contribution < 1.29 is 4.79 Å². The third kappa shape index (κ3) is 2.66. The van der Waals surface area contributed by atoms with E-state index in [-0.39, 0.29) is 5.91 Å². The van der Waals surface area contributed by atoms with Gasteiger partial charge in [0, 0.05) is 25.8 Å². The molecule has 3 heteroatoms. The van der Waals surface area contributed by atoms with Crippen molar-refractivity contribution in [3.05, 3.63) is 29.8 Å². The molecule has 0 spiro atoms. The third-order valence-electron chi connectivity index (χ3n) is 3.91. The van der Waals surface area contributed by atoms with E-state index in [1.807, 2.05) is 36.2 Å². The van der Waals surface area contributed by atoms with E-state index in [1.54, 1.807) is 0 Å². The molecule has 0 radical (unpaired) electrons. The van der Waals surface area contributed by atoms with Crippen LogP contribution >= 0.6 is 0 Å². The van der Waals surface area contributed by atoms with Gasteiger partial charge >= 0.3 is 0 Å². The SMILES string of the molecule is CCC1CCN(C(=O)c2ccccc2NC)CC1. The fourth-order valence-corrected chi connectivity index (χ4v) is 2.60. The number of hydrogen-bond acceptors (Lipinski definition) is 2. The molecule has 1 aromatic rings. The number of anilines is 1. The Morgan fingerprint density at radius 3 is 2.61 bits per heavy atom. The molecule has 3 nitrogen and oxygen atoms in total. The van der Waals surface area contributed by atoms with Gasteiger partial charge in [-0.25, -0.2) is 0 Å². The number of rotatable bonds is 3. The number of nitrogens with one attached hydrogen (secondary N) is 1. The Bertz CT molecular complexity index is 409. The van der Waals surface area contributed by atoms with Crippen LogP contribution in [-0.2, 0) is 0 Å². The Hall–Kier alpha value is -1.51. The molecule has 0 atom stereocenters. The minimum absolute atomic E-state index is 0.162. The minimum Gasteiger partial charge on any atom is -0.387 e. The zero-order valence-electron chi connectivity index (χ0n) is 11.3.